The van der Waals surface area contributed by atoms with Gasteiger partial charge in [0.25, 0.3) is 0 Å². The maximum atomic E-state index is 12.3. The van der Waals surface area contributed by atoms with Crippen molar-refractivity contribution in [2.45, 2.75) is 12.5 Å². The van der Waals surface area contributed by atoms with Crippen molar-refractivity contribution in [2.24, 2.45) is 0 Å². The standard InChI is InChI=1S/C19H22N2O5S/c1-25-17-9-5-6-15(12-17)10-11-27(23,24)20-13-18-14-21(19(22)26-18)16-7-3-2-4-8-16/h2-9,12,18,20H,10-11,13-14H2,1H3. The third kappa shape index (κ3) is 5.21. The molecule has 1 aliphatic heterocycles. The number of amides is 1. The van der Waals surface area contributed by atoms with Crippen LogP contribution < -0.4 is 14.4 Å². The Hall–Kier alpha value is -2.58. The molecule has 3 rings (SSSR count). The Morgan fingerprint density at radius 2 is 1.96 bits per heavy atom. The molecule has 0 radical (unpaired) electrons. The van der Waals surface area contributed by atoms with Crippen LogP contribution in [0.25, 0.3) is 0 Å². The van der Waals surface area contributed by atoms with Crippen molar-refractivity contribution in [3.05, 3.63) is 60.2 Å². The first-order valence-electron chi connectivity index (χ1n) is 8.60. The van der Waals surface area contributed by atoms with E-state index in [0.717, 1.165) is 11.3 Å². The van der Waals surface area contributed by atoms with Gasteiger partial charge in [0.1, 0.15) is 11.9 Å². The van der Waals surface area contributed by atoms with Crippen LogP contribution in [0.1, 0.15) is 5.56 Å². The number of hydrogen-bond acceptors (Lipinski definition) is 5. The summed E-state index contributed by atoms with van der Waals surface area (Å²) in [7, 11) is -1.92. The molecule has 7 nitrogen and oxygen atoms in total. The molecule has 1 N–H and O–H groups in total. The Balaban J connectivity index is 1.51. The second-order valence-corrected chi connectivity index (χ2v) is 8.15. The maximum absolute atomic E-state index is 12.3. The molecule has 0 saturated carbocycles. The molecule has 1 unspecified atom stereocenters. The number of carbonyl (C=O) groups is 1. The highest BCUT2D eigenvalue weighted by molar-refractivity contribution is 7.89. The van der Waals surface area contributed by atoms with Gasteiger partial charge in [-0.05, 0) is 36.2 Å². The number of carbonyl (C=O) groups excluding carboxylic acids is 1. The van der Waals surface area contributed by atoms with Crippen LogP contribution in [0.15, 0.2) is 54.6 Å². The molecule has 1 fully saturated rings. The molecule has 0 aliphatic carbocycles. The van der Waals surface area contributed by atoms with Gasteiger partial charge in [0.15, 0.2) is 0 Å². The summed E-state index contributed by atoms with van der Waals surface area (Å²) in [5, 5.41) is 0. The van der Waals surface area contributed by atoms with E-state index in [9.17, 15) is 13.2 Å². The maximum Gasteiger partial charge on any atom is 0.414 e. The largest absolute Gasteiger partial charge is 0.497 e. The van der Waals surface area contributed by atoms with E-state index in [0.29, 0.717) is 18.7 Å². The first kappa shape index (κ1) is 19.2. The molecule has 1 aliphatic rings. The molecule has 0 bridgehead atoms. The molecule has 2 aromatic carbocycles. The summed E-state index contributed by atoms with van der Waals surface area (Å²) in [6.07, 6.45) is -0.626. The number of methoxy groups -OCH3 is 1. The summed E-state index contributed by atoms with van der Waals surface area (Å²) >= 11 is 0. The second kappa shape index (κ2) is 8.41. The van der Waals surface area contributed by atoms with Gasteiger partial charge >= 0.3 is 6.09 Å². The van der Waals surface area contributed by atoms with Crippen LogP contribution >= 0.6 is 0 Å². The minimum absolute atomic E-state index is 0.0511. The lowest BCUT2D eigenvalue weighted by Gasteiger charge is -2.13. The van der Waals surface area contributed by atoms with Crippen molar-refractivity contribution in [3.63, 3.8) is 0 Å². The van der Waals surface area contributed by atoms with Crippen LogP contribution in [-0.2, 0) is 21.2 Å². The van der Waals surface area contributed by atoms with Crippen LogP contribution in [0.3, 0.4) is 0 Å². The molecule has 0 spiro atoms. The third-order valence-electron chi connectivity index (χ3n) is 4.27. The fourth-order valence-electron chi connectivity index (χ4n) is 2.82. The van der Waals surface area contributed by atoms with Gasteiger partial charge in [0.05, 0.1) is 19.4 Å². The fraction of sp³-hybridized carbons (Fsp3) is 0.316. The highest BCUT2D eigenvalue weighted by Crippen LogP contribution is 2.21. The Morgan fingerprint density at radius 1 is 1.19 bits per heavy atom. The van der Waals surface area contributed by atoms with Crippen LogP contribution in [0.4, 0.5) is 10.5 Å². The van der Waals surface area contributed by atoms with Crippen LogP contribution in [-0.4, -0.2) is 46.6 Å². The van der Waals surface area contributed by atoms with Crippen molar-refractivity contribution in [1.29, 1.82) is 0 Å². The van der Waals surface area contributed by atoms with Gasteiger partial charge in [-0.3, -0.25) is 4.90 Å². The van der Waals surface area contributed by atoms with Gasteiger partial charge in [0, 0.05) is 12.2 Å². The number of nitrogens with zero attached hydrogens (tertiary/aromatic N) is 1. The van der Waals surface area contributed by atoms with Crippen molar-refractivity contribution in [3.8, 4) is 5.75 Å². The number of aryl methyl sites for hydroxylation is 1. The molecule has 1 atom stereocenters. The lowest BCUT2D eigenvalue weighted by atomic mass is 10.2. The average Bonchev–Trinajstić information content (AvgIpc) is 3.07. The topological polar surface area (TPSA) is 84.9 Å². The molecule has 1 heterocycles. The summed E-state index contributed by atoms with van der Waals surface area (Å²) in [4.78, 5) is 13.5. The highest BCUT2D eigenvalue weighted by atomic mass is 32.2. The number of sulfonamides is 1. The summed E-state index contributed by atoms with van der Waals surface area (Å²) in [6, 6.07) is 16.4. The van der Waals surface area contributed by atoms with Crippen molar-refractivity contribution >= 4 is 21.8 Å². The Bertz CT molecular complexity index is 886. The van der Waals surface area contributed by atoms with Crippen LogP contribution in [0.2, 0.25) is 0 Å². The van der Waals surface area contributed by atoms with Gasteiger partial charge in [-0.25, -0.2) is 17.9 Å². The molecule has 0 aromatic heterocycles. The Morgan fingerprint density at radius 3 is 2.70 bits per heavy atom. The van der Waals surface area contributed by atoms with Gasteiger partial charge in [0.2, 0.25) is 10.0 Å². The van der Waals surface area contributed by atoms with Crippen LogP contribution in [0, 0.1) is 0 Å². The lowest BCUT2D eigenvalue weighted by Crippen LogP contribution is -2.36. The number of benzene rings is 2. The minimum Gasteiger partial charge on any atom is -0.497 e. The van der Waals surface area contributed by atoms with Gasteiger partial charge in [-0.15, -0.1) is 0 Å². The zero-order valence-electron chi connectivity index (χ0n) is 15.0. The number of para-hydroxylation sites is 1. The monoisotopic (exact) mass is 390 g/mol. The normalized spacial score (nSPS) is 17.0. The first-order chi connectivity index (χ1) is 13.0. The predicted molar refractivity (Wildman–Crippen MR) is 103 cm³/mol. The van der Waals surface area contributed by atoms with E-state index in [1.807, 2.05) is 54.6 Å². The number of nitrogens with one attached hydrogen (secondary N) is 1. The quantitative estimate of drug-likeness (QED) is 0.747. The summed E-state index contributed by atoms with van der Waals surface area (Å²) in [5.74, 6) is 0.639. The number of rotatable bonds is 8. The minimum atomic E-state index is -3.49. The van der Waals surface area contributed by atoms with E-state index in [1.54, 1.807) is 7.11 Å². The summed E-state index contributed by atoms with van der Waals surface area (Å²) < 4.78 is 37.4. The number of hydrogen-bond donors (Lipinski definition) is 1. The van der Waals surface area contributed by atoms with E-state index in [4.69, 9.17) is 9.47 Å². The Labute approximate surface area is 158 Å². The molecule has 1 amide bonds. The van der Waals surface area contributed by atoms with Crippen molar-refractivity contribution < 1.29 is 22.7 Å². The van der Waals surface area contributed by atoms with Gasteiger partial charge < -0.3 is 9.47 Å². The number of cyclic esters (lactones) is 1. The molecule has 144 valence electrons. The smallest absolute Gasteiger partial charge is 0.414 e. The number of anilines is 1. The van der Waals surface area contributed by atoms with E-state index in [-0.39, 0.29) is 12.3 Å². The van der Waals surface area contributed by atoms with E-state index < -0.39 is 22.2 Å². The first-order valence-corrected chi connectivity index (χ1v) is 10.3. The fourth-order valence-corrected chi connectivity index (χ4v) is 3.91. The molecule has 1 saturated heterocycles. The average molecular weight is 390 g/mol. The number of ether oxygens (including phenoxy) is 2. The van der Waals surface area contributed by atoms with Crippen LogP contribution in [0.5, 0.6) is 5.75 Å². The highest BCUT2D eigenvalue weighted by Gasteiger charge is 2.32. The molecule has 2 aromatic rings. The zero-order valence-corrected chi connectivity index (χ0v) is 15.8. The van der Waals surface area contributed by atoms with Crippen molar-refractivity contribution in [2.75, 3.05) is 30.9 Å². The van der Waals surface area contributed by atoms with E-state index in [1.165, 1.54) is 4.90 Å². The predicted octanol–water partition coefficient (Wildman–Crippen LogP) is 2.18. The van der Waals surface area contributed by atoms with Gasteiger partial charge in [-0.1, -0.05) is 30.3 Å². The van der Waals surface area contributed by atoms with Crippen molar-refractivity contribution in [1.82, 2.24) is 4.72 Å². The molecular formula is C19H22N2O5S. The summed E-state index contributed by atoms with van der Waals surface area (Å²) in [6.45, 7) is 0.358. The zero-order chi connectivity index (χ0) is 19.3. The SMILES string of the molecule is COc1cccc(CCS(=O)(=O)NCC2CN(c3ccccc3)C(=O)O2)c1. The summed E-state index contributed by atoms with van der Waals surface area (Å²) in [5.41, 5.74) is 1.60. The third-order valence-corrected chi connectivity index (χ3v) is 5.61. The van der Waals surface area contributed by atoms with E-state index >= 15 is 0 Å². The molecule has 27 heavy (non-hydrogen) atoms. The Kier molecular flexibility index (Phi) is 5.98. The van der Waals surface area contributed by atoms with Gasteiger partial charge in [-0.2, -0.15) is 0 Å². The molecular weight excluding hydrogens is 368 g/mol. The molecule has 8 heteroatoms. The van der Waals surface area contributed by atoms with E-state index in [2.05, 4.69) is 4.72 Å². The second-order valence-electron chi connectivity index (χ2n) is 6.22. The lowest BCUT2D eigenvalue weighted by molar-refractivity contribution is 0.143.